The fourth-order valence-corrected chi connectivity index (χ4v) is 3.28. The zero-order valence-corrected chi connectivity index (χ0v) is 15.9. The van der Waals surface area contributed by atoms with Crippen molar-refractivity contribution in [3.05, 3.63) is 58.1 Å². The average molecular weight is 392 g/mol. The molecule has 0 amide bonds. The molecule has 1 aliphatic rings. The van der Waals surface area contributed by atoms with E-state index < -0.39 is 5.97 Å². The van der Waals surface area contributed by atoms with Crippen LogP contribution >= 0.6 is 23.2 Å². The molecule has 0 saturated carbocycles. The number of anilines is 1. The lowest BCUT2D eigenvalue weighted by Gasteiger charge is -2.29. The molecule has 2 aromatic carbocycles. The first-order valence-corrected chi connectivity index (χ1v) is 9.03. The van der Waals surface area contributed by atoms with Gasteiger partial charge >= 0.3 is 5.97 Å². The van der Waals surface area contributed by atoms with E-state index in [-0.39, 0.29) is 0 Å². The van der Waals surface area contributed by atoms with E-state index in [1.54, 1.807) is 12.1 Å². The van der Waals surface area contributed by atoms with Crippen LogP contribution in [0.3, 0.4) is 0 Å². The van der Waals surface area contributed by atoms with E-state index in [9.17, 15) is 4.79 Å². The molecule has 0 N–H and O–H groups in total. The highest BCUT2D eigenvalue weighted by Crippen LogP contribution is 2.36. The first kappa shape index (κ1) is 18.8. The van der Waals surface area contributed by atoms with Crippen LogP contribution in [-0.4, -0.2) is 39.4 Å². The number of morpholine rings is 1. The van der Waals surface area contributed by atoms with E-state index in [0.717, 1.165) is 43.1 Å². The Kier molecular flexibility index (Phi) is 6.20. The Morgan fingerprint density at radius 3 is 2.69 bits per heavy atom. The SMILES string of the molecule is COC(=O)C=Cc1c(-c2cccc(N3CCOCC3)c2)ccc(Cl)c1Cl. The lowest BCUT2D eigenvalue weighted by atomic mass is 9.98. The van der Waals surface area contributed by atoms with Gasteiger partial charge in [-0.05, 0) is 35.4 Å². The van der Waals surface area contributed by atoms with Gasteiger partial charge < -0.3 is 14.4 Å². The van der Waals surface area contributed by atoms with Crippen molar-refractivity contribution >= 4 is 40.9 Å². The molecule has 26 heavy (non-hydrogen) atoms. The van der Waals surface area contributed by atoms with Gasteiger partial charge in [-0.1, -0.05) is 41.4 Å². The fourth-order valence-electron chi connectivity index (χ4n) is 2.89. The van der Waals surface area contributed by atoms with Crippen molar-refractivity contribution in [2.45, 2.75) is 0 Å². The van der Waals surface area contributed by atoms with Crippen LogP contribution in [-0.2, 0) is 14.3 Å². The van der Waals surface area contributed by atoms with E-state index in [0.29, 0.717) is 15.6 Å². The standard InChI is InChI=1S/C20H19Cl2NO3/c1-25-19(24)8-6-17-16(5-7-18(21)20(17)22)14-3-2-4-15(13-14)23-9-11-26-12-10-23/h2-8,13H,9-12H2,1H3. The number of hydrogen-bond donors (Lipinski definition) is 0. The Morgan fingerprint density at radius 2 is 1.96 bits per heavy atom. The van der Waals surface area contributed by atoms with Gasteiger partial charge in [-0.25, -0.2) is 4.79 Å². The predicted octanol–water partition coefficient (Wildman–Crippen LogP) is 4.68. The third-order valence-electron chi connectivity index (χ3n) is 4.25. The summed E-state index contributed by atoms with van der Waals surface area (Å²) in [5, 5.41) is 0.838. The Morgan fingerprint density at radius 1 is 1.19 bits per heavy atom. The van der Waals surface area contributed by atoms with Crippen LogP contribution < -0.4 is 4.90 Å². The molecule has 2 aromatic rings. The van der Waals surface area contributed by atoms with Crippen molar-refractivity contribution in [1.82, 2.24) is 0 Å². The monoisotopic (exact) mass is 391 g/mol. The van der Waals surface area contributed by atoms with Crippen molar-refractivity contribution in [2.24, 2.45) is 0 Å². The number of nitrogens with zero attached hydrogens (tertiary/aromatic N) is 1. The molecule has 0 bridgehead atoms. The number of rotatable bonds is 4. The van der Waals surface area contributed by atoms with E-state index in [2.05, 4.69) is 21.8 Å². The molecule has 1 saturated heterocycles. The highest BCUT2D eigenvalue weighted by molar-refractivity contribution is 6.43. The van der Waals surface area contributed by atoms with Gasteiger partial charge in [0.1, 0.15) is 0 Å². The molecular weight excluding hydrogens is 373 g/mol. The molecule has 0 spiro atoms. The Bertz CT molecular complexity index is 830. The van der Waals surface area contributed by atoms with Crippen LogP contribution in [0.1, 0.15) is 5.56 Å². The van der Waals surface area contributed by atoms with Crippen LogP contribution in [0.4, 0.5) is 5.69 Å². The number of carbonyl (C=O) groups excluding carboxylic acids is 1. The zero-order chi connectivity index (χ0) is 18.5. The third kappa shape index (κ3) is 4.21. The Balaban J connectivity index is 2.02. The van der Waals surface area contributed by atoms with Gasteiger partial charge in [0.2, 0.25) is 0 Å². The molecule has 136 valence electrons. The smallest absolute Gasteiger partial charge is 0.330 e. The highest BCUT2D eigenvalue weighted by Gasteiger charge is 2.14. The van der Waals surface area contributed by atoms with Gasteiger partial charge in [0.25, 0.3) is 0 Å². The van der Waals surface area contributed by atoms with Crippen LogP contribution in [0.15, 0.2) is 42.5 Å². The number of hydrogen-bond acceptors (Lipinski definition) is 4. The second kappa shape index (κ2) is 8.58. The van der Waals surface area contributed by atoms with E-state index >= 15 is 0 Å². The van der Waals surface area contributed by atoms with Gasteiger partial charge in [-0.2, -0.15) is 0 Å². The predicted molar refractivity (Wildman–Crippen MR) is 106 cm³/mol. The summed E-state index contributed by atoms with van der Waals surface area (Å²) in [7, 11) is 1.33. The van der Waals surface area contributed by atoms with Gasteiger partial charge in [0, 0.05) is 30.4 Å². The Hall–Kier alpha value is -2.01. The molecule has 1 heterocycles. The summed E-state index contributed by atoms with van der Waals surface area (Å²) in [6, 6.07) is 11.9. The summed E-state index contributed by atoms with van der Waals surface area (Å²) in [5.74, 6) is -0.450. The van der Waals surface area contributed by atoms with E-state index in [1.165, 1.54) is 13.2 Å². The highest BCUT2D eigenvalue weighted by atomic mass is 35.5. The molecule has 0 aromatic heterocycles. The van der Waals surface area contributed by atoms with Crippen LogP contribution in [0, 0.1) is 0 Å². The van der Waals surface area contributed by atoms with Crippen LogP contribution in [0.5, 0.6) is 0 Å². The minimum Gasteiger partial charge on any atom is -0.466 e. The van der Waals surface area contributed by atoms with E-state index in [1.807, 2.05) is 18.2 Å². The molecule has 0 atom stereocenters. The molecule has 0 aliphatic carbocycles. The second-order valence-electron chi connectivity index (χ2n) is 5.83. The molecule has 6 heteroatoms. The summed E-state index contributed by atoms with van der Waals surface area (Å²) in [6.07, 6.45) is 2.98. The van der Waals surface area contributed by atoms with Gasteiger partial charge in [-0.15, -0.1) is 0 Å². The third-order valence-corrected chi connectivity index (χ3v) is 5.07. The van der Waals surface area contributed by atoms with Crippen molar-refractivity contribution in [3.8, 4) is 11.1 Å². The quantitative estimate of drug-likeness (QED) is 0.559. The van der Waals surface area contributed by atoms with Crippen molar-refractivity contribution in [2.75, 3.05) is 38.3 Å². The topological polar surface area (TPSA) is 38.8 Å². The average Bonchev–Trinajstić information content (AvgIpc) is 2.69. The first-order chi connectivity index (χ1) is 12.6. The minimum absolute atomic E-state index is 0.404. The molecular formula is C20H19Cl2NO3. The van der Waals surface area contributed by atoms with Gasteiger partial charge in [0.15, 0.2) is 0 Å². The maximum atomic E-state index is 11.5. The first-order valence-electron chi connectivity index (χ1n) is 8.27. The maximum absolute atomic E-state index is 11.5. The van der Waals surface area contributed by atoms with Crippen LogP contribution in [0.2, 0.25) is 10.0 Å². The number of benzene rings is 2. The zero-order valence-electron chi connectivity index (χ0n) is 14.4. The van der Waals surface area contributed by atoms with Crippen LogP contribution in [0.25, 0.3) is 17.2 Å². The summed E-state index contributed by atoms with van der Waals surface area (Å²) in [5.41, 5.74) is 3.70. The second-order valence-corrected chi connectivity index (χ2v) is 6.61. The Labute approximate surface area is 162 Å². The number of esters is 1. The number of halogens is 2. The number of ether oxygens (including phenoxy) is 2. The summed E-state index contributed by atoms with van der Waals surface area (Å²) < 4.78 is 10.1. The maximum Gasteiger partial charge on any atom is 0.330 e. The molecule has 0 radical (unpaired) electrons. The molecule has 0 unspecified atom stereocenters. The van der Waals surface area contributed by atoms with Crippen molar-refractivity contribution in [3.63, 3.8) is 0 Å². The summed E-state index contributed by atoms with van der Waals surface area (Å²) in [6.45, 7) is 3.17. The summed E-state index contributed by atoms with van der Waals surface area (Å²) in [4.78, 5) is 13.8. The fraction of sp³-hybridized carbons (Fsp3) is 0.250. The molecule has 1 fully saturated rings. The lowest BCUT2D eigenvalue weighted by molar-refractivity contribution is -0.134. The van der Waals surface area contributed by atoms with Gasteiger partial charge in [0.05, 0.1) is 30.4 Å². The molecule has 1 aliphatic heterocycles. The summed E-state index contributed by atoms with van der Waals surface area (Å²) >= 11 is 12.6. The number of methoxy groups -OCH3 is 1. The molecule has 4 nitrogen and oxygen atoms in total. The lowest BCUT2D eigenvalue weighted by Crippen LogP contribution is -2.36. The normalized spacial score (nSPS) is 14.7. The van der Waals surface area contributed by atoms with Crippen molar-refractivity contribution in [1.29, 1.82) is 0 Å². The largest absolute Gasteiger partial charge is 0.466 e. The molecule has 3 rings (SSSR count). The minimum atomic E-state index is -0.450. The van der Waals surface area contributed by atoms with Gasteiger partial charge in [-0.3, -0.25) is 0 Å². The number of carbonyl (C=O) groups is 1. The van der Waals surface area contributed by atoms with E-state index in [4.69, 9.17) is 27.9 Å². The van der Waals surface area contributed by atoms with Crippen molar-refractivity contribution < 1.29 is 14.3 Å².